The van der Waals surface area contributed by atoms with Crippen molar-refractivity contribution in [1.82, 2.24) is 5.32 Å². The molecule has 1 aliphatic rings. The van der Waals surface area contributed by atoms with Crippen LogP contribution in [0.25, 0.3) is 0 Å². The van der Waals surface area contributed by atoms with E-state index in [1.165, 1.54) is 14.2 Å². The largest absolute Gasteiger partial charge is 0.497 e. The lowest BCUT2D eigenvalue weighted by Crippen LogP contribution is -2.47. The second kappa shape index (κ2) is 10.9. The highest BCUT2D eigenvalue weighted by molar-refractivity contribution is 6.01. The van der Waals surface area contributed by atoms with Crippen LogP contribution in [0.1, 0.15) is 24.2 Å². The molecule has 2 amide bonds. The average Bonchev–Trinajstić information content (AvgIpc) is 2.82. The quantitative estimate of drug-likeness (QED) is 0.655. The van der Waals surface area contributed by atoms with E-state index >= 15 is 0 Å². The number of carbonyl (C=O) groups excluding carboxylic acids is 2. The minimum Gasteiger partial charge on any atom is -0.497 e. The normalized spacial score (nSPS) is 14.6. The molecule has 0 bridgehead atoms. The third-order valence-electron chi connectivity index (χ3n) is 5.36. The first-order chi connectivity index (χ1) is 15.4. The number of methoxy groups -OCH3 is 2. The van der Waals surface area contributed by atoms with Gasteiger partial charge < -0.3 is 29.7 Å². The number of anilines is 2. The van der Waals surface area contributed by atoms with Gasteiger partial charge in [-0.3, -0.25) is 9.59 Å². The van der Waals surface area contributed by atoms with E-state index in [4.69, 9.17) is 14.2 Å². The van der Waals surface area contributed by atoms with Crippen LogP contribution in [-0.2, 0) is 9.53 Å². The van der Waals surface area contributed by atoms with E-state index in [0.29, 0.717) is 36.0 Å². The molecule has 1 heterocycles. The van der Waals surface area contributed by atoms with Gasteiger partial charge in [-0.15, -0.1) is 0 Å². The number of carbonyl (C=O) groups is 2. The van der Waals surface area contributed by atoms with Gasteiger partial charge in [-0.2, -0.15) is 0 Å². The molecule has 8 nitrogen and oxygen atoms in total. The zero-order valence-corrected chi connectivity index (χ0v) is 19.0. The fourth-order valence-electron chi connectivity index (χ4n) is 3.50. The smallest absolute Gasteiger partial charge is 0.252 e. The molecule has 0 unspecified atom stereocenters. The van der Waals surface area contributed by atoms with Crippen LogP contribution in [0.15, 0.2) is 42.5 Å². The molecular weight excluding hydrogens is 410 g/mol. The van der Waals surface area contributed by atoms with Crippen molar-refractivity contribution in [1.29, 1.82) is 0 Å². The van der Waals surface area contributed by atoms with Gasteiger partial charge in [0.1, 0.15) is 17.5 Å². The lowest BCUT2D eigenvalue weighted by Gasteiger charge is -2.29. The number of ether oxygens (including phenoxy) is 3. The highest BCUT2D eigenvalue weighted by atomic mass is 16.5. The summed E-state index contributed by atoms with van der Waals surface area (Å²) in [6.45, 7) is 6.90. The number of amides is 2. The molecule has 32 heavy (non-hydrogen) atoms. The maximum absolute atomic E-state index is 13.0. The van der Waals surface area contributed by atoms with Crippen molar-refractivity contribution < 1.29 is 23.8 Å². The van der Waals surface area contributed by atoms with Crippen LogP contribution in [0, 0.1) is 5.92 Å². The highest BCUT2D eigenvalue weighted by Gasteiger charge is 2.25. The molecule has 1 atom stereocenters. The van der Waals surface area contributed by atoms with Crippen molar-refractivity contribution >= 4 is 23.2 Å². The summed E-state index contributed by atoms with van der Waals surface area (Å²) in [7, 11) is 3.04. The Morgan fingerprint density at radius 3 is 2.09 bits per heavy atom. The topological polar surface area (TPSA) is 89.1 Å². The minimum atomic E-state index is -0.710. The van der Waals surface area contributed by atoms with Gasteiger partial charge in [-0.1, -0.05) is 13.8 Å². The number of rotatable bonds is 8. The Bertz CT molecular complexity index is 901. The Labute approximate surface area is 188 Å². The van der Waals surface area contributed by atoms with Crippen molar-refractivity contribution in [3.8, 4) is 11.5 Å². The maximum atomic E-state index is 13.0. The number of hydrogen-bond donors (Lipinski definition) is 2. The van der Waals surface area contributed by atoms with E-state index in [1.54, 1.807) is 18.2 Å². The molecule has 1 fully saturated rings. The molecular formula is C24H31N3O5. The minimum absolute atomic E-state index is 0.112. The molecule has 3 rings (SSSR count). The lowest BCUT2D eigenvalue weighted by atomic mass is 10.0. The molecule has 0 aliphatic carbocycles. The molecule has 0 aromatic heterocycles. The predicted octanol–water partition coefficient (Wildman–Crippen LogP) is 2.93. The predicted molar refractivity (Wildman–Crippen MR) is 124 cm³/mol. The average molecular weight is 442 g/mol. The van der Waals surface area contributed by atoms with Crippen LogP contribution in [0.4, 0.5) is 11.4 Å². The number of hydrogen-bond acceptors (Lipinski definition) is 6. The maximum Gasteiger partial charge on any atom is 0.252 e. The van der Waals surface area contributed by atoms with E-state index in [9.17, 15) is 9.59 Å². The Hall–Kier alpha value is -3.26. The van der Waals surface area contributed by atoms with Gasteiger partial charge >= 0.3 is 0 Å². The van der Waals surface area contributed by atoms with Gasteiger partial charge in [0, 0.05) is 36.1 Å². The van der Waals surface area contributed by atoms with E-state index in [2.05, 4.69) is 15.5 Å². The zero-order valence-electron chi connectivity index (χ0n) is 19.0. The summed E-state index contributed by atoms with van der Waals surface area (Å²) in [5, 5.41) is 5.74. The number of nitrogens with zero attached hydrogens (tertiary/aromatic N) is 1. The monoisotopic (exact) mass is 441 g/mol. The molecule has 0 spiro atoms. The Morgan fingerprint density at radius 2 is 1.56 bits per heavy atom. The first-order valence-corrected chi connectivity index (χ1v) is 10.7. The van der Waals surface area contributed by atoms with Crippen LogP contribution < -0.4 is 25.0 Å². The van der Waals surface area contributed by atoms with Crippen LogP contribution >= 0.6 is 0 Å². The Balaban J connectivity index is 1.67. The first-order valence-electron chi connectivity index (χ1n) is 10.7. The van der Waals surface area contributed by atoms with Gasteiger partial charge in [0.15, 0.2) is 0 Å². The van der Waals surface area contributed by atoms with Gasteiger partial charge in [0.2, 0.25) is 5.91 Å². The van der Waals surface area contributed by atoms with Gasteiger partial charge in [-0.05, 0) is 42.3 Å². The molecule has 0 radical (unpaired) electrons. The van der Waals surface area contributed by atoms with Crippen LogP contribution in [0.5, 0.6) is 11.5 Å². The van der Waals surface area contributed by atoms with E-state index in [1.807, 2.05) is 38.1 Å². The third kappa shape index (κ3) is 5.91. The SMILES string of the molecule is COc1cc(OC)cc(C(=O)N[C@@H](C(=O)Nc2ccc(N3CCOCC3)cc2)C(C)C)c1. The van der Waals surface area contributed by atoms with Crippen molar-refractivity contribution in [3.63, 3.8) is 0 Å². The molecule has 2 aromatic rings. The van der Waals surface area contributed by atoms with Crippen LogP contribution in [-0.4, -0.2) is 58.4 Å². The standard InChI is InChI=1S/C24H31N3O5/c1-16(2)22(26-23(28)17-13-20(30-3)15-21(14-17)31-4)24(29)25-18-5-7-19(8-6-18)27-9-11-32-12-10-27/h5-8,13-16,22H,9-12H2,1-4H3,(H,25,29)(H,26,28)/t22-/m1/s1. The van der Waals surface area contributed by atoms with E-state index in [-0.39, 0.29) is 17.7 Å². The molecule has 172 valence electrons. The lowest BCUT2D eigenvalue weighted by molar-refractivity contribution is -0.118. The van der Waals surface area contributed by atoms with Gasteiger partial charge in [0.25, 0.3) is 5.91 Å². The fraction of sp³-hybridized carbons (Fsp3) is 0.417. The fourth-order valence-corrected chi connectivity index (χ4v) is 3.50. The summed E-state index contributed by atoms with van der Waals surface area (Å²) in [4.78, 5) is 28.1. The molecule has 1 saturated heterocycles. The Kier molecular flexibility index (Phi) is 7.94. The molecule has 2 aromatic carbocycles. The second-order valence-electron chi connectivity index (χ2n) is 7.93. The zero-order chi connectivity index (χ0) is 23.1. The van der Waals surface area contributed by atoms with Crippen LogP contribution in [0.2, 0.25) is 0 Å². The highest BCUT2D eigenvalue weighted by Crippen LogP contribution is 2.23. The van der Waals surface area contributed by atoms with Crippen molar-refractivity contribution in [2.45, 2.75) is 19.9 Å². The number of morpholine rings is 1. The van der Waals surface area contributed by atoms with E-state index in [0.717, 1.165) is 18.8 Å². The number of nitrogens with one attached hydrogen (secondary N) is 2. The van der Waals surface area contributed by atoms with Crippen molar-refractivity contribution in [3.05, 3.63) is 48.0 Å². The number of benzene rings is 2. The summed E-state index contributed by atoms with van der Waals surface area (Å²) in [5.74, 6) is 0.237. The van der Waals surface area contributed by atoms with Crippen molar-refractivity contribution in [2.75, 3.05) is 50.7 Å². The third-order valence-corrected chi connectivity index (χ3v) is 5.36. The van der Waals surface area contributed by atoms with Crippen LogP contribution in [0.3, 0.4) is 0 Å². The molecule has 2 N–H and O–H groups in total. The summed E-state index contributed by atoms with van der Waals surface area (Å²) in [6, 6.07) is 11.9. The second-order valence-corrected chi connectivity index (χ2v) is 7.93. The summed E-state index contributed by atoms with van der Waals surface area (Å²) >= 11 is 0. The Morgan fingerprint density at radius 1 is 0.969 bits per heavy atom. The summed E-state index contributed by atoms with van der Waals surface area (Å²) in [6.07, 6.45) is 0. The van der Waals surface area contributed by atoms with Gasteiger partial charge in [0.05, 0.1) is 27.4 Å². The van der Waals surface area contributed by atoms with Gasteiger partial charge in [-0.25, -0.2) is 0 Å². The molecule has 1 aliphatic heterocycles. The first kappa shape index (κ1) is 23.4. The molecule has 8 heteroatoms. The van der Waals surface area contributed by atoms with E-state index < -0.39 is 6.04 Å². The summed E-state index contributed by atoms with van der Waals surface area (Å²) in [5.41, 5.74) is 2.12. The molecule has 0 saturated carbocycles. The van der Waals surface area contributed by atoms with Crippen molar-refractivity contribution in [2.24, 2.45) is 5.92 Å². The summed E-state index contributed by atoms with van der Waals surface area (Å²) < 4.78 is 15.8.